The van der Waals surface area contributed by atoms with E-state index in [9.17, 15) is 5.11 Å². The first kappa shape index (κ1) is 23.6. The molecule has 0 aliphatic carbocycles. The molecular formula is C26H32ClN3O3. The average molecular weight is 470 g/mol. The maximum atomic E-state index is 11.1. The number of aromatic nitrogens is 2. The molecule has 176 valence electrons. The standard InChI is InChI=1S/C26H32ClN3O3/c1-21-3-7-25(8-4-21)33-20-26(31)11-2-13-29(14-12-26)18-22-5-9-24(10-6-22)32-16-15-30-19-23(27)17-28-30/h3-10,17,19,31H,2,11-16,18,20H2,1H3. The number of halogens is 1. The first-order valence-corrected chi connectivity index (χ1v) is 11.9. The molecule has 1 saturated heterocycles. The monoisotopic (exact) mass is 469 g/mol. The Kier molecular flexibility index (Phi) is 7.91. The second-order valence-corrected chi connectivity index (χ2v) is 9.31. The number of aliphatic hydroxyl groups is 1. The Morgan fingerprint density at radius 2 is 1.73 bits per heavy atom. The predicted molar refractivity (Wildman–Crippen MR) is 130 cm³/mol. The van der Waals surface area contributed by atoms with Crippen molar-refractivity contribution in [3.8, 4) is 11.5 Å². The third-order valence-corrected chi connectivity index (χ3v) is 6.25. The molecule has 1 fully saturated rings. The lowest BCUT2D eigenvalue weighted by atomic mass is 9.96. The van der Waals surface area contributed by atoms with Crippen molar-refractivity contribution in [3.63, 3.8) is 0 Å². The van der Waals surface area contributed by atoms with E-state index < -0.39 is 5.60 Å². The summed E-state index contributed by atoms with van der Waals surface area (Å²) in [5.41, 5.74) is 1.66. The molecule has 2 heterocycles. The fourth-order valence-corrected chi connectivity index (χ4v) is 4.21. The predicted octanol–water partition coefficient (Wildman–Crippen LogP) is 4.72. The molecule has 4 rings (SSSR count). The zero-order chi connectivity index (χ0) is 23.1. The van der Waals surface area contributed by atoms with Crippen molar-refractivity contribution in [1.29, 1.82) is 0 Å². The molecule has 6 nitrogen and oxygen atoms in total. The van der Waals surface area contributed by atoms with E-state index in [1.165, 1.54) is 11.1 Å². The van der Waals surface area contributed by atoms with Crippen molar-refractivity contribution in [1.82, 2.24) is 14.7 Å². The molecule has 0 amide bonds. The van der Waals surface area contributed by atoms with Crippen LogP contribution in [0.4, 0.5) is 0 Å². The SMILES string of the molecule is Cc1ccc(OCC2(O)CCCN(Cc3ccc(OCCn4cc(Cl)cn4)cc3)CC2)cc1. The molecule has 1 N–H and O–H groups in total. The molecule has 1 aromatic heterocycles. The van der Waals surface area contributed by atoms with E-state index in [0.29, 0.717) is 31.2 Å². The van der Waals surface area contributed by atoms with E-state index in [0.717, 1.165) is 44.0 Å². The Hall–Kier alpha value is -2.54. The van der Waals surface area contributed by atoms with Gasteiger partial charge in [-0.25, -0.2) is 0 Å². The van der Waals surface area contributed by atoms with Gasteiger partial charge in [0.15, 0.2) is 0 Å². The molecular weight excluding hydrogens is 438 g/mol. The molecule has 1 aliphatic rings. The van der Waals surface area contributed by atoms with Crippen LogP contribution < -0.4 is 9.47 Å². The average Bonchev–Trinajstić information content (AvgIpc) is 3.14. The maximum Gasteiger partial charge on any atom is 0.119 e. The lowest BCUT2D eigenvalue weighted by molar-refractivity contribution is -0.0168. The molecule has 0 radical (unpaired) electrons. The number of hydrogen-bond acceptors (Lipinski definition) is 5. The van der Waals surface area contributed by atoms with Gasteiger partial charge in [-0.3, -0.25) is 9.58 Å². The smallest absolute Gasteiger partial charge is 0.119 e. The van der Waals surface area contributed by atoms with E-state index in [2.05, 4.69) is 29.1 Å². The third-order valence-electron chi connectivity index (χ3n) is 6.06. The van der Waals surface area contributed by atoms with E-state index in [4.69, 9.17) is 21.1 Å². The number of nitrogens with zero attached hydrogens (tertiary/aromatic N) is 3. The molecule has 3 aromatic rings. The normalized spacial score (nSPS) is 19.2. The fourth-order valence-electron chi connectivity index (χ4n) is 4.06. The second-order valence-electron chi connectivity index (χ2n) is 8.87. The summed E-state index contributed by atoms with van der Waals surface area (Å²) < 4.78 is 13.5. The summed E-state index contributed by atoms with van der Waals surface area (Å²) in [6.07, 6.45) is 5.81. The van der Waals surface area contributed by atoms with Crippen LogP contribution in [0.25, 0.3) is 0 Å². The topological polar surface area (TPSA) is 59.8 Å². The summed E-state index contributed by atoms with van der Waals surface area (Å²) in [6, 6.07) is 16.2. The van der Waals surface area contributed by atoms with Crippen LogP contribution in [0.1, 0.15) is 30.4 Å². The zero-order valence-corrected chi connectivity index (χ0v) is 19.9. The highest BCUT2D eigenvalue weighted by molar-refractivity contribution is 6.30. The molecule has 0 bridgehead atoms. The highest BCUT2D eigenvalue weighted by Gasteiger charge is 2.31. The van der Waals surface area contributed by atoms with Crippen molar-refractivity contribution in [2.75, 3.05) is 26.3 Å². The fraction of sp³-hybridized carbons (Fsp3) is 0.423. The Balaban J connectivity index is 1.21. The molecule has 1 aliphatic heterocycles. The minimum atomic E-state index is -0.782. The zero-order valence-electron chi connectivity index (χ0n) is 19.1. The van der Waals surface area contributed by atoms with Crippen LogP contribution in [0, 0.1) is 6.92 Å². The van der Waals surface area contributed by atoms with E-state index in [-0.39, 0.29) is 0 Å². The van der Waals surface area contributed by atoms with Gasteiger partial charge in [-0.2, -0.15) is 5.10 Å². The van der Waals surface area contributed by atoms with Gasteiger partial charge in [0.1, 0.15) is 24.7 Å². The highest BCUT2D eigenvalue weighted by atomic mass is 35.5. The Morgan fingerprint density at radius 1 is 1.00 bits per heavy atom. The highest BCUT2D eigenvalue weighted by Crippen LogP contribution is 2.25. The number of likely N-dealkylation sites (tertiary alicyclic amines) is 1. The van der Waals surface area contributed by atoms with Crippen molar-refractivity contribution in [3.05, 3.63) is 77.1 Å². The van der Waals surface area contributed by atoms with Crippen LogP contribution in [0.2, 0.25) is 5.02 Å². The third kappa shape index (κ3) is 7.22. The molecule has 0 spiro atoms. The van der Waals surface area contributed by atoms with Gasteiger partial charge in [0, 0.05) is 19.3 Å². The van der Waals surface area contributed by atoms with E-state index in [1.54, 1.807) is 17.1 Å². The summed E-state index contributed by atoms with van der Waals surface area (Å²) in [4.78, 5) is 2.40. The lowest BCUT2D eigenvalue weighted by Crippen LogP contribution is -2.37. The van der Waals surface area contributed by atoms with Crippen molar-refractivity contribution in [2.24, 2.45) is 0 Å². The van der Waals surface area contributed by atoms with E-state index in [1.807, 2.05) is 36.4 Å². The van der Waals surface area contributed by atoms with Gasteiger partial charge in [0.05, 0.1) is 23.4 Å². The number of hydrogen-bond donors (Lipinski definition) is 1. The van der Waals surface area contributed by atoms with E-state index >= 15 is 0 Å². The van der Waals surface area contributed by atoms with Crippen molar-refractivity contribution < 1.29 is 14.6 Å². The van der Waals surface area contributed by atoms with Crippen LogP contribution in [0.3, 0.4) is 0 Å². The van der Waals surface area contributed by atoms with Gasteiger partial charge in [-0.1, -0.05) is 41.4 Å². The van der Waals surface area contributed by atoms with Crippen LogP contribution in [-0.2, 0) is 13.1 Å². The maximum absolute atomic E-state index is 11.1. The largest absolute Gasteiger partial charge is 0.492 e. The van der Waals surface area contributed by atoms with Gasteiger partial charge in [-0.15, -0.1) is 0 Å². The van der Waals surface area contributed by atoms with Gasteiger partial charge in [0.25, 0.3) is 0 Å². The Bertz CT molecular complexity index is 1010. The number of benzene rings is 2. The summed E-state index contributed by atoms with van der Waals surface area (Å²) in [5, 5.41) is 15.8. The lowest BCUT2D eigenvalue weighted by Gasteiger charge is -2.27. The van der Waals surface area contributed by atoms with Crippen LogP contribution in [0.5, 0.6) is 11.5 Å². The Labute approximate surface area is 200 Å². The number of rotatable bonds is 9. The summed E-state index contributed by atoms with van der Waals surface area (Å²) in [7, 11) is 0. The Morgan fingerprint density at radius 3 is 2.45 bits per heavy atom. The van der Waals surface area contributed by atoms with Gasteiger partial charge in [-0.05, 0) is 62.6 Å². The second kappa shape index (κ2) is 11.1. The summed E-state index contributed by atoms with van der Waals surface area (Å²) in [6.45, 7) is 6.25. The summed E-state index contributed by atoms with van der Waals surface area (Å²) >= 11 is 5.88. The molecule has 1 unspecified atom stereocenters. The van der Waals surface area contributed by atoms with Crippen molar-refractivity contribution in [2.45, 2.75) is 44.9 Å². The molecule has 0 saturated carbocycles. The molecule has 2 aromatic carbocycles. The van der Waals surface area contributed by atoms with Gasteiger partial charge >= 0.3 is 0 Å². The molecule has 1 atom stereocenters. The van der Waals surface area contributed by atoms with Crippen LogP contribution in [-0.4, -0.2) is 51.7 Å². The van der Waals surface area contributed by atoms with Gasteiger partial charge < -0.3 is 14.6 Å². The quantitative estimate of drug-likeness (QED) is 0.491. The first-order valence-electron chi connectivity index (χ1n) is 11.5. The molecule has 33 heavy (non-hydrogen) atoms. The minimum absolute atomic E-state index is 0.334. The number of aryl methyl sites for hydroxylation is 1. The van der Waals surface area contributed by atoms with Crippen LogP contribution in [0.15, 0.2) is 60.9 Å². The van der Waals surface area contributed by atoms with Crippen LogP contribution >= 0.6 is 11.6 Å². The number of ether oxygens (including phenoxy) is 2. The van der Waals surface area contributed by atoms with Crippen molar-refractivity contribution >= 4 is 11.6 Å². The van der Waals surface area contributed by atoms with Gasteiger partial charge in [0.2, 0.25) is 0 Å². The minimum Gasteiger partial charge on any atom is -0.492 e. The first-order chi connectivity index (χ1) is 16.0. The summed E-state index contributed by atoms with van der Waals surface area (Å²) in [5.74, 6) is 1.65. The molecule has 7 heteroatoms.